The summed E-state index contributed by atoms with van der Waals surface area (Å²) in [5, 5.41) is 0. The average molecular weight is 247 g/mol. The van der Waals surface area contributed by atoms with Gasteiger partial charge in [-0.2, -0.15) is 11.8 Å². The molecule has 0 spiro atoms. The van der Waals surface area contributed by atoms with Crippen molar-refractivity contribution in [1.29, 1.82) is 0 Å². The van der Waals surface area contributed by atoms with Crippen molar-refractivity contribution in [1.82, 2.24) is 4.90 Å². The van der Waals surface area contributed by atoms with Crippen LogP contribution in [0.2, 0.25) is 0 Å². The van der Waals surface area contributed by atoms with Gasteiger partial charge in [-0.3, -0.25) is 0 Å². The van der Waals surface area contributed by atoms with Crippen LogP contribution in [0.1, 0.15) is 40.5 Å². The first kappa shape index (κ1) is 16.3. The summed E-state index contributed by atoms with van der Waals surface area (Å²) in [5.41, 5.74) is 0. The molecule has 0 N–H and O–H groups in total. The van der Waals surface area contributed by atoms with Gasteiger partial charge in [-0.15, -0.1) is 0 Å². The predicted molar refractivity (Wildman–Crippen MR) is 75.4 cm³/mol. The van der Waals surface area contributed by atoms with Gasteiger partial charge in [0.2, 0.25) is 0 Å². The van der Waals surface area contributed by atoms with E-state index in [4.69, 9.17) is 4.74 Å². The number of ether oxygens (including phenoxy) is 1. The highest BCUT2D eigenvalue weighted by molar-refractivity contribution is 7.98. The standard InChI is InChI=1S/C11H23NOS.C2H6/c1-10(2)13-11-4-6-12(7-5-11)8-9-14-3;1-2/h10-11H,4-9H2,1-3H3;1-2H3. The Kier molecular flexibility index (Phi) is 10.6. The Bertz CT molecular complexity index is 145. The van der Waals surface area contributed by atoms with Crippen LogP contribution in [-0.2, 0) is 4.74 Å². The maximum absolute atomic E-state index is 5.81. The summed E-state index contributed by atoms with van der Waals surface area (Å²) < 4.78 is 5.81. The van der Waals surface area contributed by atoms with E-state index in [-0.39, 0.29) is 0 Å². The van der Waals surface area contributed by atoms with Crippen LogP contribution < -0.4 is 0 Å². The minimum absolute atomic E-state index is 0.387. The van der Waals surface area contributed by atoms with Crippen LogP contribution in [0.3, 0.4) is 0 Å². The summed E-state index contributed by atoms with van der Waals surface area (Å²) in [6, 6.07) is 0. The van der Waals surface area contributed by atoms with Crippen LogP contribution in [0, 0.1) is 0 Å². The second kappa shape index (κ2) is 10.4. The van der Waals surface area contributed by atoms with E-state index < -0.39 is 0 Å². The maximum Gasteiger partial charge on any atom is 0.0603 e. The minimum Gasteiger partial charge on any atom is -0.375 e. The molecule has 0 aromatic carbocycles. The number of thioether (sulfide) groups is 1. The first-order valence-corrected chi connectivity index (χ1v) is 7.98. The minimum atomic E-state index is 0.387. The first-order valence-electron chi connectivity index (χ1n) is 6.59. The van der Waals surface area contributed by atoms with Gasteiger partial charge >= 0.3 is 0 Å². The zero-order valence-corrected chi connectivity index (χ0v) is 12.5. The molecule has 16 heavy (non-hydrogen) atoms. The molecule has 0 aromatic rings. The fraction of sp³-hybridized carbons (Fsp3) is 1.00. The van der Waals surface area contributed by atoms with Crippen molar-refractivity contribution < 1.29 is 4.74 Å². The molecular weight excluding hydrogens is 218 g/mol. The fourth-order valence-corrected chi connectivity index (χ4v) is 2.32. The molecule has 1 rings (SSSR count). The maximum atomic E-state index is 5.81. The van der Waals surface area contributed by atoms with Gasteiger partial charge in [-0.05, 0) is 32.9 Å². The topological polar surface area (TPSA) is 12.5 Å². The summed E-state index contributed by atoms with van der Waals surface area (Å²) in [6.45, 7) is 11.9. The van der Waals surface area contributed by atoms with Crippen molar-refractivity contribution in [2.75, 3.05) is 31.6 Å². The van der Waals surface area contributed by atoms with Crippen molar-refractivity contribution >= 4 is 11.8 Å². The molecule has 0 aliphatic carbocycles. The molecule has 0 aromatic heterocycles. The van der Waals surface area contributed by atoms with Crippen LogP contribution in [0.5, 0.6) is 0 Å². The van der Waals surface area contributed by atoms with Gasteiger partial charge < -0.3 is 9.64 Å². The third-order valence-electron chi connectivity index (χ3n) is 2.61. The summed E-state index contributed by atoms with van der Waals surface area (Å²) in [5.74, 6) is 1.26. The van der Waals surface area contributed by atoms with E-state index in [1.165, 1.54) is 38.2 Å². The van der Waals surface area contributed by atoms with E-state index in [0.29, 0.717) is 12.2 Å². The quantitative estimate of drug-likeness (QED) is 0.740. The second-order valence-electron chi connectivity index (χ2n) is 4.22. The number of hydrogen-bond donors (Lipinski definition) is 0. The Hall–Kier alpha value is 0.270. The molecule has 1 aliphatic rings. The van der Waals surface area contributed by atoms with Crippen molar-refractivity contribution in [3.63, 3.8) is 0 Å². The molecule has 0 bridgehead atoms. The highest BCUT2D eigenvalue weighted by Gasteiger charge is 2.19. The van der Waals surface area contributed by atoms with E-state index in [0.717, 1.165) is 0 Å². The molecular formula is C13H29NOS. The molecule has 3 heteroatoms. The van der Waals surface area contributed by atoms with Crippen LogP contribution in [0.25, 0.3) is 0 Å². The van der Waals surface area contributed by atoms with E-state index in [9.17, 15) is 0 Å². The molecule has 1 aliphatic heterocycles. The molecule has 0 amide bonds. The molecule has 2 nitrogen and oxygen atoms in total. The smallest absolute Gasteiger partial charge is 0.0603 e. The van der Waals surface area contributed by atoms with Gasteiger partial charge in [0.05, 0.1) is 12.2 Å². The monoisotopic (exact) mass is 247 g/mol. The molecule has 1 heterocycles. The summed E-state index contributed by atoms with van der Waals surface area (Å²) in [4.78, 5) is 2.55. The highest BCUT2D eigenvalue weighted by atomic mass is 32.2. The molecule has 1 saturated heterocycles. The van der Waals surface area contributed by atoms with Crippen LogP contribution in [-0.4, -0.2) is 48.8 Å². The Morgan fingerprint density at radius 1 is 1.25 bits per heavy atom. The number of rotatable bonds is 5. The van der Waals surface area contributed by atoms with Crippen molar-refractivity contribution in [2.24, 2.45) is 0 Å². The lowest BCUT2D eigenvalue weighted by Crippen LogP contribution is -2.38. The lowest BCUT2D eigenvalue weighted by atomic mass is 10.1. The van der Waals surface area contributed by atoms with Crippen LogP contribution >= 0.6 is 11.8 Å². The second-order valence-corrected chi connectivity index (χ2v) is 5.20. The van der Waals surface area contributed by atoms with Gasteiger partial charge in [0.25, 0.3) is 0 Å². The largest absolute Gasteiger partial charge is 0.375 e. The van der Waals surface area contributed by atoms with Crippen molar-refractivity contribution in [2.45, 2.75) is 52.7 Å². The molecule has 0 saturated carbocycles. The van der Waals surface area contributed by atoms with Gasteiger partial charge in [0, 0.05) is 25.4 Å². The normalized spacial score (nSPS) is 18.4. The zero-order valence-electron chi connectivity index (χ0n) is 11.7. The summed E-state index contributed by atoms with van der Waals surface area (Å²) >= 11 is 1.93. The number of likely N-dealkylation sites (tertiary alicyclic amines) is 1. The van der Waals surface area contributed by atoms with Crippen LogP contribution in [0.15, 0.2) is 0 Å². The van der Waals surface area contributed by atoms with Gasteiger partial charge in [0.15, 0.2) is 0 Å². The Balaban J connectivity index is 0.00000106. The van der Waals surface area contributed by atoms with Gasteiger partial charge in [-0.1, -0.05) is 13.8 Å². The lowest BCUT2D eigenvalue weighted by Gasteiger charge is -2.32. The van der Waals surface area contributed by atoms with Crippen molar-refractivity contribution in [3.05, 3.63) is 0 Å². The van der Waals surface area contributed by atoms with E-state index in [1.54, 1.807) is 0 Å². The van der Waals surface area contributed by atoms with E-state index >= 15 is 0 Å². The SMILES string of the molecule is CC.CSCCN1CCC(OC(C)C)CC1. The average Bonchev–Trinajstić information content (AvgIpc) is 2.30. The third-order valence-corrected chi connectivity index (χ3v) is 3.20. The Morgan fingerprint density at radius 3 is 2.25 bits per heavy atom. The first-order chi connectivity index (χ1) is 7.72. The molecule has 0 radical (unpaired) electrons. The summed E-state index contributed by atoms with van der Waals surface area (Å²) in [7, 11) is 0. The predicted octanol–water partition coefficient (Wildman–Crippen LogP) is 3.27. The molecule has 0 unspecified atom stereocenters. The van der Waals surface area contributed by atoms with Gasteiger partial charge in [-0.25, -0.2) is 0 Å². The van der Waals surface area contributed by atoms with E-state index in [1.807, 2.05) is 25.6 Å². The zero-order chi connectivity index (χ0) is 12.4. The highest BCUT2D eigenvalue weighted by Crippen LogP contribution is 2.15. The fourth-order valence-electron chi connectivity index (χ4n) is 1.87. The number of nitrogens with zero attached hydrogens (tertiary/aromatic N) is 1. The number of hydrogen-bond acceptors (Lipinski definition) is 3. The molecule has 1 fully saturated rings. The molecule has 0 atom stereocenters. The summed E-state index contributed by atoms with van der Waals surface area (Å²) in [6.07, 6.45) is 5.51. The Labute approximate surface area is 106 Å². The van der Waals surface area contributed by atoms with Gasteiger partial charge in [0.1, 0.15) is 0 Å². The Morgan fingerprint density at radius 2 is 1.81 bits per heavy atom. The third kappa shape index (κ3) is 7.53. The number of piperidine rings is 1. The van der Waals surface area contributed by atoms with Crippen molar-refractivity contribution in [3.8, 4) is 0 Å². The molecule has 98 valence electrons. The van der Waals surface area contributed by atoms with E-state index in [2.05, 4.69) is 25.0 Å². The lowest BCUT2D eigenvalue weighted by molar-refractivity contribution is -0.0258. The van der Waals surface area contributed by atoms with Crippen LogP contribution in [0.4, 0.5) is 0 Å².